The Hall–Kier alpha value is -5.77. The number of halogens is 3. The molecule has 9 aromatic rings. The second kappa shape index (κ2) is 43.8. The maximum atomic E-state index is 14.0. The van der Waals surface area contributed by atoms with Crippen LogP contribution in [0.1, 0.15) is 279 Å². The van der Waals surface area contributed by atoms with Crippen molar-refractivity contribution >= 4 is 124 Å². The molecule has 728 valence electrons. The van der Waals surface area contributed by atoms with Crippen LogP contribution in [0.2, 0.25) is 0 Å². The van der Waals surface area contributed by atoms with Gasteiger partial charge in [0.05, 0.1) is 62.8 Å². The number of carboxylic acids is 1. The van der Waals surface area contributed by atoms with Gasteiger partial charge in [-0.3, -0.25) is 33.5 Å². The van der Waals surface area contributed by atoms with Gasteiger partial charge in [0, 0.05) is 86.0 Å². The van der Waals surface area contributed by atoms with Gasteiger partial charge in [0.1, 0.15) is 14.5 Å². The van der Waals surface area contributed by atoms with Crippen LogP contribution in [0.15, 0.2) is 72.8 Å². The number of carboxylic acid groups (broad SMARTS) is 1. The molecule has 15 heterocycles. The van der Waals surface area contributed by atoms with E-state index >= 15 is 0 Å². The van der Waals surface area contributed by atoms with Crippen molar-refractivity contribution in [2.75, 3.05) is 71.5 Å². The number of alkyl halides is 1. The number of thiophene rings is 3. The Morgan fingerprint density at radius 2 is 0.649 bits per heavy atom. The van der Waals surface area contributed by atoms with E-state index in [4.69, 9.17) is 21.1 Å². The minimum Gasteiger partial charge on any atom is -1.00 e. The van der Waals surface area contributed by atoms with E-state index in [2.05, 4.69) is 201 Å². The molecule has 9 aliphatic heterocycles. The molecule has 0 unspecified atom stereocenters. The molecule has 3 aromatic carbocycles. The molecular formula is C109H153Cl2FKN9O9S3. The molecule has 134 heavy (non-hydrogen) atoms. The number of fused-ring (bicyclic) bond motifs is 9. The van der Waals surface area contributed by atoms with Gasteiger partial charge in [0.15, 0.2) is 0 Å². The number of carbonyl (C=O) groups excluding carboxylic acids is 5. The maximum absolute atomic E-state index is 14.0. The summed E-state index contributed by atoms with van der Waals surface area (Å²) in [4.78, 5) is 108. The molecule has 6 aromatic heterocycles. The second-order valence-electron chi connectivity index (χ2n) is 43.6. The molecule has 18 rings (SSSR count). The van der Waals surface area contributed by atoms with Crippen molar-refractivity contribution in [1.29, 1.82) is 0 Å². The summed E-state index contributed by atoms with van der Waals surface area (Å²) in [5.74, 6) is 1.67. The summed E-state index contributed by atoms with van der Waals surface area (Å²) in [7, 11) is 0. The maximum Gasteiger partial charge on any atom is 1.00 e. The van der Waals surface area contributed by atoms with Crippen molar-refractivity contribution < 1.29 is 101 Å². The number of ether oxygens (including phenoxy) is 2. The number of aromatic nitrogens is 3. The molecule has 5 N–H and O–H groups in total. The van der Waals surface area contributed by atoms with E-state index in [0.29, 0.717) is 84.9 Å². The average Bonchev–Trinajstić information content (AvgIpc) is 1.59. The summed E-state index contributed by atoms with van der Waals surface area (Å²) in [5.41, 5.74) is 15.7. The molecule has 25 heteroatoms. The molecule has 9 fully saturated rings. The second-order valence-corrected chi connectivity index (χ2v) is 47.2. The van der Waals surface area contributed by atoms with Crippen LogP contribution in [0.5, 0.6) is 0 Å². The van der Waals surface area contributed by atoms with Crippen molar-refractivity contribution in [2.45, 2.75) is 326 Å². The van der Waals surface area contributed by atoms with Gasteiger partial charge in [-0.15, -0.1) is 58.0 Å². The van der Waals surface area contributed by atoms with Gasteiger partial charge in [-0.2, -0.15) is 0 Å². The number of aryl methyl sites for hydroxylation is 7. The van der Waals surface area contributed by atoms with E-state index in [9.17, 15) is 33.9 Å². The standard InChI is InChI=1S/C37H51N3O3S.C35H47N3O3S.C26H31ClN2OS.C11H21NO2.ClH.FH.K.H/c1-8-43-35(42)36(4,5)26-13-16-39(17-14-26)18-15-29-30-22-31(37(6,7)34(41)40-27-9-10-28(40)12-11-27)44-33(30)38-32(29)25-20-23(2)19-24(3)21-25;1-21-17-22(2)19-23(18-21)30-27(13-16-37-14-11-24(12-15-37)34(3,4)33(40)41)28-20-29(42-31(28)36-30)35(5,6)32(39)38-25-7-8-26(38)10-9-25;1-15-11-16(2)13-17(12-15)23-20(9-10-27)21-14-22(31-24(21)28-23)26(3,4)25(30)29-18-5-6-19(29)8-7-18;1-4-14-10(13)11(2,3)9-5-7-12-8-6-9;;;;/h19-22,26-28,38H,8-18H2,1-7H3;17-20,24-26,36H,7-16H2,1-6H3,(H,40,41);11-14,18-19,28H,5-10H2,1-4H3;9,12H,4-8H2,1-3H3;2*1H;;/q;;;;;;+1;-1. The molecule has 9 aliphatic rings. The quantitative estimate of drug-likeness (QED) is 0.0205. The first kappa shape index (κ1) is 107. The summed E-state index contributed by atoms with van der Waals surface area (Å²) >= 11 is 11.5. The van der Waals surface area contributed by atoms with Crippen molar-refractivity contribution in [3.8, 4) is 33.8 Å². The Bertz CT molecular complexity index is 5560. The first-order chi connectivity index (χ1) is 62.1. The molecule has 6 bridgehead atoms. The number of hydrogen-bond donors (Lipinski definition) is 5. The van der Waals surface area contributed by atoms with Crippen LogP contribution >= 0.6 is 58.0 Å². The molecular weight excluding hydrogens is 1800 g/mol. The van der Waals surface area contributed by atoms with E-state index in [-0.39, 0.29) is 93.2 Å². The van der Waals surface area contributed by atoms with Gasteiger partial charge < -0.3 is 60.8 Å². The Labute approximate surface area is 864 Å². The summed E-state index contributed by atoms with van der Waals surface area (Å²) in [6.07, 6.45) is 22.7. The molecule has 0 radical (unpaired) electrons. The van der Waals surface area contributed by atoms with Gasteiger partial charge in [-0.1, -0.05) is 51.6 Å². The van der Waals surface area contributed by atoms with Gasteiger partial charge in [0.25, 0.3) is 0 Å². The number of esters is 2. The number of nitrogens with zero attached hydrogens (tertiary/aromatic N) is 5. The number of H-pyrrole nitrogens is 3. The third-order valence-electron chi connectivity index (χ3n) is 32.3. The van der Waals surface area contributed by atoms with Gasteiger partial charge >= 0.3 is 69.3 Å². The third-order valence-corrected chi connectivity index (χ3v) is 36.6. The molecule has 3 amide bonds. The number of amides is 3. The minimum atomic E-state index is -0.694. The average molecular weight is 1960 g/mol. The van der Waals surface area contributed by atoms with Crippen LogP contribution in [0.3, 0.4) is 0 Å². The number of aromatic amines is 3. The van der Waals surface area contributed by atoms with E-state index in [1.165, 1.54) is 156 Å². The van der Waals surface area contributed by atoms with Crippen molar-refractivity contribution in [3.05, 3.63) is 137 Å². The number of aliphatic carboxylic acids is 1. The number of carbonyl (C=O) groups is 6. The van der Waals surface area contributed by atoms with E-state index in [0.717, 1.165) is 160 Å². The molecule has 18 nitrogen and oxygen atoms in total. The number of hydrogen-bond acceptors (Lipinski definition) is 14. The first-order valence-electron chi connectivity index (χ1n) is 49.6. The molecule has 0 aliphatic carbocycles. The van der Waals surface area contributed by atoms with Crippen LogP contribution in [-0.4, -0.2) is 188 Å². The largest absolute Gasteiger partial charge is 1.00 e. The fraction of sp³-hybridized carbons (Fsp3) is 0.615. The number of nitrogens with one attached hydrogen (secondary N) is 4. The molecule has 0 saturated carbocycles. The zero-order valence-electron chi connectivity index (χ0n) is 85.1. The Morgan fingerprint density at radius 3 is 0.903 bits per heavy atom. The topological polar surface area (TPSA) is 217 Å². The summed E-state index contributed by atoms with van der Waals surface area (Å²) in [6.45, 7) is 49.9. The van der Waals surface area contributed by atoms with Crippen LogP contribution < -0.4 is 56.7 Å². The van der Waals surface area contributed by atoms with Gasteiger partial charge in [-0.05, 0) is 418 Å². The van der Waals surface area contributed by atoms with E-state index in [1.807, 2.05) is 55.4 Å². The first-order valence-corrected chi connectivity index (χ1v) is 52.6. The monoisotopic (exact) mass is 1960 g/mol. The fourth-order valence-electron chi connectivity index (χ4n) is 24.0. The molecule has 0 atom stereocenters. The minimum absolute atomic E-state index is 0. The smallest absolute Gasteiger partial charge is 1.00 e. The predicted molar refractivity (Wildman–Crippen MR) is 550 cm³/mol. The predicted octanol–water partition coefficient (Wildman–Crippen LogP) is 21.1. The summed E-state index contributed by atoms with van der Waals surface area (Å²) in [5, 5.41) is 16.8. The summed E-state index contributed by atoms with van der Waals surface area (Å²) < 4.78 is 10.5. The van der Waals surface area contributed by atoms with Crippen LogP contribution in [0.25, 0.3) is 64.4 Å². The van der Waals surface area contributed by atoms with Crippen molar-refractivity contribution in [3.63, 3.8) is 0 Å². The van der Waals surface area contributed by atoms with Crippen LogP contribution in [0.4, 0.5) is 4.70 Å². The fourth-order valence-corrected chi connectivity index (χ4v) is 27.7. The zero-order chi connectivity index (χ0) is 93.9. The summed E-state index contributed by atoms with van der Waals surface area (Å²) in [6, 6.07) is 29.8. The van der Waals surface area contributed by atoms with Crippen LogP contribution in [0, 0.1) is 75.5 Å². The number of likely N-dealkylation sites (tertiary alicyclic amines) is 2. The Morgan fingerprint density at radius 1 is 0.396 bits per heavy atom. The molecule has 9 saturated heterocycles. The van der Waals surface area contributed by atoms with E-state index < -0.39 is 33.0 Å². The third kappa shape index (κ3) is 22.1. The number of rotatable bonds is 25. The number of piperidine rings is 3. The normalized spacial score (nSPS) is 20.8. The van der Waals surface area contributed by atoms with Crippen molar-refractivity contribution in [2.24, 2.45) is 34.0 Å². The molecule has 0 spiro atoms. The Balaban J connectivity index is 0.000000181. The van der Waals surface area contributed by atoms with E-state index in [1.54, 1.807) is 34.0 Å². The van der Waals surface area contributed by atoms with Crippen LogP contribution in [-0.2, 0) is 73.7 Å². The Kier molecular flexibility index (Phi) is 35.0. The van der Waals surface area contributed by atoms with Gasteiger partial charge in [-0.25, -0.2) is 0 Å². The van der Waals surface area contributed by atoms with Gasteiger partial charge in [0.2, 0.25) is 17.7 Å². The zero-order valence-corrected chi connectivity index (χ0v) is 91.3. The SMILES string of the molecule is CCOC(=O)C(C)(C)C1CCN(CCc2c(-c3cc(C)cc(C)c3)[nH]c3sc(C(C)(C)C(=O)N4C5CCC4CC5)cc23)CC1.CCOC(=O)C(C)(C)C1CCNCC1.Cc1cc(C)cc(-c2[nH]c3sc(C(C)(C)C(=O)N4C5CCC4CC5)cc3c2CCCl)c1.Cc1cc(C)cc(-c2[nH]c3sc(C(C)(C)C(=O)N4C5CCC4CC5)cc3c2CCN2CCC(C(C)(C)C(=O)O)CC2)c1.Cl.F.[H-].[K+]. The number of benzene rings is 3. The van der Waals surface area contributed by atoms with Crippen molar-refractivity contribution in [1.82, 2.24) is 44.8 Å².